The quantitative estimate of drug-likeness (QED) is 0.470. The first-order valence-electron chi connectivity index (χ1n) is 5.40. The van der Waals surface area contributed by atoms with Crippen molar-refractivity contribution in [1.82, 2.24) is 5.32 Å². The van der Waals surface area contributed by atoms with Gasteiger partial charge in [0.25, 0.3) is 0 Å². The van der Waals surface area contributed by atoms with Gasteiger partial charge in [0.05, 0.1) is 6.04 Å². The van der Waals surface area contributed by atoms with E-state index < -0.39 is 0 Å². The first-order valence-corrected chi connectivity index (χ1v) is 5.40. The Morgan fingerprint density at radius 3 is 2.46 bits per heavy atom. The van der Waals surface area contributed by atoms with Gasteiger partial charge in [-0.3, -0.25) is 0 Å². The topological polar surface area (TPSA) is 12.0 Å². The standard InChI is InChI=1S/C12H23N/c1-5-8-12(6-2)13-10-7-9-11(3)4/h2,11-13H,5,7-10H2,1,3-4H3. The Hall–Kier alpha value is -0.480. The Balaban J connectivity index is 3.34. The van der Waals surface area contributed by atoms with Crippen LogP contribution in [0.2, 0.25) is 0 Å². The Morgan fingerprint density at radius 1 is 1.31 bits per heavy atom. The molecular weight excluding hydrogens is 158 g/mol. The van der Waals surface area contributed by atoms with E-state index in [1.165, 1.54) is 12.8 Å². The predicted molar refractivity (Wildman–Crippen MR) is 59.6 cm³/mol. The number of hydrogen-bond acceptors (Lipinski definition) is 1. The van der Waals surface area contributed by atoms with Crippen molar-refractivity contribution in [3.63, 3.8) is 0 Å². The average Bonchev–Trinajstić information content (AvgIpc) is 2.10. The molecule has 0 bridgehead atoms. The second kappa shape index (κ2) is 8.13. The zero-order valence-corrected chi connectivity index (χ0v) is 9.27. The van der Waals surface area contributed by atoms with Crippen molar-refractivity contribution in [3.8, 4) is 12.3 Å². The van der Waals surface area contributed by atoms with Crippen molar-refractivity contribution in [3.05, 3.63) is 0 Å². The Labute approximate surface area is 83.3 Å². The molecule has 0 rings (SSSR count). The first-order chi connectivity index (χ1) is 6.20. The average molecular weight is 181 g/mol. The van der Waals surface area contributed by atoms with Gasteiger partial charge < -0.3 is 5.32 Å². The van der Waals surface area contributed by atoms with Gasteiger partial charge in [-0.2, -0.15) is 0 Å². The van der Waals surface area contributed by atoms with Crippen molar-refractivity contribution in [2.45, 2.75) is 52.5 Å². The fourth-order valence-corrected chi connectivity index (χ4v) is 1.32. The second-order valence-electron chi connectivity index (χ2n) is 4.00. The summed E-state index contributed by atoms with van der Waals surface area (Å²) in [5.74, 6) is 3.58. The number of rotatable bonds is 7. The minimum Gasteiger partial charge on any atom is -0.304 e. The maximum Gasteiger partial charge on any atom is 0.0686 e. The van der Waals surface area contributed by atoms with Crippen molar-refractivity contribution < 1.29 is 0 Å². The van der Waals surface area contributed by atoms with Gasteiger partial charge in [-0.15, -0.1) is 6.42 Å². The smallest absolute Gasteiger partial charge is 0.0686 e. The molecule has 0 aromatic rings. The van der Waals surface area contributed by atoms with Gasteiger partial charge >= 0.3 is 0 Å². The third-order valence-electron chi connectivity index (χ3n) is 2.13. The fourth-order valence-electron chi connectivity index (χ4n) is 1.32. The number of nitrogens with one attached hydrogen (secondary N) is 1. The van der Waals surface area contributed by atoms with Crippen LogP contribution in [0.4, 0.5) is 0 Å². The molecule has 76 valence electrons. The van der Waals surface area contributed by atoms with Crippen LogP contribution in [0.1, 0.15) is 46.5 Å². The fraction of sp³-hybridized carbons (Fsp3) is 0.833. The molecule has 1 nitrogen and oxygen atoms in total. The van der Waals surface area contributed by atoms with Crippen LogP contribution in [0.25, 0.3) is 0 Å². The molecule has 0 aromatic carbocycles. The van der Waals surface area contributed by atoms with E-state index in [1.54, 1.807) is 0 Å². The molecule has 0 aromatic heterocycles. The van der Waals surface area contributed by atoms with E-state index in [1.807, 2.05) is 0 Å². The molecule has 0 radical (unpaired) electrons. The van der Waals surface area contributed by atoms with Crippen LogP contribution in [0.5, 0.6) is 0 Å². The molecule has 0 heterocycles. The highest BCUT2D eigenvalue weighted by Crippen LogP contribution is 2.02. The minimum atomic E-state index is 0.289. The molecule has 0 fully saturated rings. The molecule has 1 heteroatoms. The summed E-state index contributed by atoms with van der Waals surface area (Å²) >= 11 is 0. The highest BCUT2D eigenvalue weighted by Gasteiger charge is 2.01. The zero-order chi connectivity index (χ0) is 10.1. The van der Waals surface area contributed by atoms with Crippen molar-refractivity contribution in [1.29, 1.82) is 0 Å². The summed E-state index contributed by atoms with van der Waals surface area (Å²) in [4.78, 5) is 0. The molecule has 0 aliphatic carbocycles. The van der Waals surface area contributed by atoms with Crippen LogP contribution >= 0.6 is 0 Å². The van der Waals surface area contributed by atoms with E-state index in [-0.39, 0.29) is 6.04 Å². The zero-order valence-electron chi connectivity index (χ0n) is 9.27. The monoisotopic (exact) mass is 181 g/mol. The van der Waals surface area contributed by atoms with Crippen molar-refractivity contribution in [2.24, 2.45) is 5.92 Å². The van der Waals surface area contributed by atoms with Crippen LogP contribution < -0.4 is 5.32 Å². The van der Waals surface area contributed by atoms with Gasteiger partial charge in [0.1, 0.15) is 0 Å². The normalized spacial score (nSPS) is 12.8. The lowest BCUT2D eigenvalue weighted by Crippen LogP contribution is -2.28. The molecule has 1 N–H and O–H groups in total. The third-order valence-corrected chi connectivity index (χ3v) is 2.13. The third kappa shape index (κ3) is 7.87. The van der Waals surface area contributed by atoms with Crippen LogP contribution in [0, 0.1) is 18.3 Å². The van der Waals surface area contributed by atoms with Gasteiger partial charge in [-0.05, 0) is 31.7 Å². The van der Waals surface area contributed by atoms with Gasteiger partial charge in [0, 0.05) is 0 Å². The summed E-state index contributed by atoms with van der Waals surface area (Å²) in [5, 5.41) is 3.39. The lowest BCUT2D eigenvalue weighted by atomic mass is 10.1. The van der Waals surface area contributed by atoms with E-state index in [2.05, 4.69) is 32.0 Å². The van der Waals surface area contributed by atoms with E-state index in [0.717, 1.165) is 25.3 Å². The molecule has 0 saturated heterocycles. The van der Waals surface area contributed by atoms with Crippen molar-refractivity contribution in [2.75, 3.05) is 6.54 Å². The predicted octanol–water partition coefficient (Wildman–Crippen LogP) is 2.81. The number of hydrogen-bond donors (Lipinski definition) is 1. The summed E-state index contributed by atoms with van der Waals surface area (Å²) in [5.41, 5.74) is 0. The summed E-state index contributed by atoms with van der Waals surface area (Å²) in [7, 11) is 0. The molecule has 1 atom stereocenters. The molecule has 0 aliphatic heterocycles. The molecular formula is C12H23N. The van der Waals surface area contributed by atoms with Crippen LogP contribution in [-0.2, 0) is 0 Å². The maximum atomic E-state index is 5.39. The maximum absolute atomic E-state index is 5.39. The van der Waals surface area contributed by atoms with Gasteiger partial charge in [-0.1, -0.05) is 33.1 Å². The lowest BCUT2D eigenvalue weighted by molar-refractivity contribution is 0.497. The van der Waals surface area contributed by atoms with Gasteiger partial charge in [-0.25, -0.2) is 0 Å². The minimum absolute atomic E-state index is 0.289. The molecule has 0 amide bonds. The van der Waals surface area contributed by atoms with E-state index in [4.69, 9.17) is 6.42 Å². The van der Waals surface area contributed by atoms with Crippen molar-refractivity contribution >= 4 is 0 Å². The summed E-state index contributed by atoms with van der Waals surface area (Å²) in [6.07, 6.45) is 10.2. The molecule has 0 saturated carbocycles. The molecule has 1 unspecified atom stereocenters. The molecule has 13 heavy (non-hydrogen) atoms. The van der Waals surface area contributed by atoms with E-state index in [0.29, 0.717) is 0 Å². The Morgan fingerprint density at radius 2 is 2.00 bits per heavy atom. The molecule has 0 aliphatic rings. The van der Waals surface area contributed by atoms with Crippen LogP contribution in [0.3, 0.4) is 0 Å². The van der Waals surface area contributed by atoms with Gasteiger partial charge in [0.2, 0.25) is 0 Å². The Kier molecular flexibility index (Phi) is 7.83. The molecule has 0 spiro atoms. The van der Waals surface area contributed by atoms with Gasteiger partial charge in [0.15, 0.2) is 0 Å². The van der Waals surface area contributed by atoms with E-state index >= 15 is 0 Å². The SMILES string of the molecule is C#CC(CCC)NCCCC(C)C. The summed E-state index contributed by atoms with van der Waals surface area (Å²) in [6.45, 7) is 7.74. The summed E-state index contributed by atoms with van der Waals surface area (Å²) < 4.78 is 0. The lowest BCUT2D eigenvalue weighted by Gasteiger charge is -2.12. The largest absolute Gasteiger partial charge is 0.304 e. The van der Waals surface area contributed by atoms with Crippen LogP contribution in [-0.4, -0.2) is 12.6 Å². The van der Waals surface area contributed by atoms with E-state index in [9.17, 15) is 0 Å². The first kappa shape index (κ1) is 12.5. The summed E-state index contributed by atoms with van der Waals surface area (Å²) in [6, 6.07) is 0.289. The second-order valence-corrected chi connectivity index (χ2v) is 4.00. The Bertz CT molecular complexity index is 144. The highest BCUT2D eigenvalue weighted by atomic mass is 14.9. The van der Waals surface area contributed by atoms with Crippen LogP contribution in [0.15, 0.2) is 0 Å². The number of terminal acetylenes is 1. The highest BCUT2D eigenvalue weighted by molar-refractivity contribution is 4.98.